The SMILES string of the molecule is CCOC(=O)CC1=CC(SCC(=O)Nc2ccc(F)cc2F)=Nc2ccccc2N1. The fourth-order valence-corrected chi connectivity index (χ4v) is 3.38. The second-order valence-electron chi connectivity index (χ2n) is 6.20. The quantitative estimate of drug-likeness (QED) is 0.652. The minimum absolute atomic E-state index is 0.0226. The first-order chi connectivity index (χ1) is 14.4. The van der Waals surface area contributed by atoms with Crippen LogP contribution in [-0.4, -0.2) is 29.3 Å². The zero-order valence-electron chi connectivity index (χ0n) is 16.1. The van der Waals surface area contributed by atoms with Crippen LogP contribution in [0.2, 0.25) is 0 Å². The highest BCUT2D eigenvalue weighted by atomic mass is 32.2. The summed E-state index contributed by atoms with van der Waals surface area (Å²) in [5, 5.41) is 6.07. The number of benzene rings is 2. The number of carbonyl (C=O) groups excluding carboxylic acids is 2. The Morgan fingerprint density at radius 1 is 1.20 bits per heavy atom. The summed E-state index contributed by atoms with van der Waals surface area (Å²) < 4.78 is 31.7. The summed E-state index contributed by atoms with van der Waals surface area (Å²) in [5.41, 5.74) is 1.85. The number of anilines is 2. The van der Waals surface area contributed by atoms with E-state index in [1.165, 1.54) is 0 Å². The number of rotatable bonds is 6. The van der Waals surface area contributed by atoms with Crippen LogP contribution in [0.1, 0.15) is 13.3 Å². The van der Waals surface area contributed by atoms with Crippen molar-refractivity contribution in [2.24, 2.45) is 4.99 Å². The summed E-state index contributed by atoms with van der Waals surface area (Å²) in [6, 6.07) is 10.2. The first-order valence-electron chi connectivity index (χ1n) is 9.13. The Hall–Kier alpha value is -3.20. The van der Waals surface area contributed by atoms with E-state index < -0.39 is 17.5 Å². The van der Waals surface area contributed by atoms with Gasteiger partial charge in [-0.3, -0.25) is 9.59 Å². The second-order valence-corrected chi connectivity index (χ2v) is 7.20. The number of carbonyl (C=O) groups is 2. The van der Waals surface area contributed by atoms with Gasteiger partial charge in [-0.15, -0.1) is 0 Å². The van der Waals surface area contributed by atoms with Crippen LogP contribution in [0.15, 0.2) is 59.2 Å². The van der Waals surface area contributed by atoms with Gasteiger partial charge < -0.3 is 15.4 Å². The lowest BCUT2D eigenvalue weighted by molar-refractivity contribution is -0.142. The zero-order valence-corrected chi connectivity index (χ0v) is 16.9. The van der Waals surface area contributed by atoms with Crippen LogP contribution in [0.5, 0.6) is 0 Å². The first kappa shape index (κ1) is 21.5. The number of hydrogen-bond acceptors (Lipinski definition) is 6. The van der Waals surface area contributed by atoms with Crippen molar-refractivity contribution in [1.29, 1.82) is 0 Å². The van der Waals surface area contributed by atoms with Crippen LogP contribution >= 0.6 is 11.8 Å². The molecule has 9 heteroatoms. The molecule has 3 rings (SSSR count). The van der Waals surface area contributed by atoms with E-state index in [1.807, 2.05) is 18.2 Å². The molecular weight excluding hydrogens is 412 g/mol. The highest BCUT2D eigenvalue weighted by Gasteiger charge is 2.16. The molecule has 2 aromatic rings. The number of halogens is 2. The number of amides is 1. The molecule has 156 valence electrons. The van der Waals surface area contributed by atoms with Gasteiger partial charge in [0.1, 0.15) is 11.6 Å². The molecule has 0 saturated carbocycles. The lowest BCUT2D eigenvalue weighted by atomic mass is 10.2. The molecule has 0 fully saturated rings. The highest BCUT2D eigenvalue weighted by molar-refractivity contribution is 8.14. The highest BCUT2D eigenvalue weighted by Crippen LogP contribution is 2.31. The molecule has 1 aliphatic rings. The number of ether oxygens (including phenoxy) is 1. The molecule has 1 amide bonds. The molecule has 0 radical (unpaired) electrons. The molecule has 1 heterocycles. The topological polar surface area (TPSA) is 79.8 Å². The molecule has 0 saturated heterocycles. The van der Waals surface area contributed by atoms with E-state index >= 15 is 0 Å². The van der Waals surface area contributed by atoms with Crippen LogP contribution in [0.25, 0.3) is 0 Å². The molecule has 30 heavy (non-hydrogen) atoms. The minimum atomic E-state index is -0.852. The van der Waals surface area contributed by atoms with E-state index in [-0.39, 0.29) is 30.4 Å². The Morgan fingerprint density at radius 2 is 2.00 bits per heavy atom. The molecule has 0 atom stereocenters. The Bertz CT molecular complexity index is 1020. The van der Waals surface area contributed by atoms with Crippen LogP contribution in [-0.2, 0) is 14.3 Å². The number of aliphatic imine (C=N–C) groups is 1. The third kappa shape index (κ3) is 5.90. The summed E-state index contributed by atoms with van der Waals surface area (Å²) in [6.07, 6.45) is 1.70. The number of esters is 1. The molecule has 0 unspecified atom stereocenters. The second kappa shape index (κ2) is 10.0. The molecular formula is C21H19F2N3O3S. The van der Waals surface area contributed by atoms with Gasteiger partial charge in [0.25, 0.3) is 0 Å². The molecule has 0 aliphatic carbocycles. The number of thioether (sulfide) groups is 1. The van der Waals surface area contributed by atoms with Crippen LogP contribution in [0.3, 0.4) is 0 Å². The van der Waals surface area contributed by atoms with Crippen LogP contribution in [0.4, 0.5) is 25.8 Å². The lowest BCUT2D eigenvalue weighted by Crippen LogP contribution is -2.16. The predicted molar refractivity (Wildman–Crippen MR) is 114 cm³/mol. The summed E-state index contributed by atoms with van der Waals surface area (Å²) in [5.74, 6) is -2.49. The Kier molecular flexibility index (Phi) is 7.18. The van der Waals surface area contributed by atoms with Crippen LogP contribution < -0.4 is 10.6 Å². The lowest BCUT2D eigenvalue weighted by Gasteiger charge is -2.10. The van der Waals surface area contributed by atoms with Gasteiger partial charge in [0.2, 0.25) is 5.91 Å². The summed E-state index contributed by atoms with van der Waals surface area (Å²) in [7, 11) is 0. The van der Waals surface area contributed by atoms with Crippen molar-refractivity contribution in [2.75, 3.05) is 23.0 Å². The molecule has 2 N–H and O–H groups in total. The number of nitrogens with one attached hydrogen (secondary N) is 2. The van der Waals surface area contributed by atoms with Crippen molar-refractivity contribution in [3.63, 3.8) is 0 Å². The number of fused-ring (bicyclic) bond motifs is 1. The van der Waals surface area contributed by atoms with Crippen molar-refractivity contribution in [1.82, 2.24) is 0 Å². The average Bonchev–Trinajstić information content (AvgIpc) is 2.87. The Labute approximate surface area is 176 Å². The van der Waals surface area contributed by atoms with Gasteiger partial charge in [-0.2, -0.15) is 0 Å². The van der Waals surface area contributed by atoms with Gasteiger partial charge in [-0.05, 0) is 37.3 Å². The average molecular weight is 431 g/mol. The van der Waals surface area contributed by atoms with Gasteiger partial charge in [0.15, 0.2) is 0 Å². The van der Waals surface area contributed by atoms with Crippen molar-refractivity contribution >= 4 is 45.7 Å². The summed E-state index contributed by atoms with van der Waals surface area (Å²) >= 11 is 1.13. The minimum Gasteiger partial charge on any atom is -0.466 e. The van der Waals surface area contributed by atoms with E-state index in [0.717, 1.165) is 29.6 Å². The van der Waals surface area contributed by atoms with Gasteiger partial charge in [-0.1, -0.05) is 23.9 Å². The first-order valence-corrected chi connectivity index (χ1v) is 10.1. The van der Waals surface area contributed by atoms with Gasteiger partial charge >= 0.3 is 5.97 Å². The third-order valence-electron chi connectivity index (χ3n) is 3.92. The van der Waals surface area contributed by atoms with E-state index in [4.69, 9.17) is 4.74 Å². The maximum absolute atomic E-state index is 13.7. The zero-order chi connectivity index (χ0) is 21.5. The molecule has 0 aromatic heterocycles. The van der Waals surface area contributed by atoms with E-state index in [9.17, 15) is 18.4 Å². The van der Waals surface area contributed by atoms with Crippen molar-refractivity contribution in [3.05, 3.63) is 65.9 Å². The Balaban J connectivity index is 1.72. The number of para-hydroxylation sites is 2. The van der Waals surface area contributed by atoms with Gasteiger partial charge in [-0.25, -0.2) is 13.8 Å². The van der Waals surface area contributed by atoms with Crippen molar-refractivity contribution in [3.8, 4) is 0 Å². The smallest absolute Gasteiger partial charge is 0.311 e. The summed E-state index contributed by atoms with van der Waals surface area (Å²) in [4.78, 5) is 28.6. The van der Waals surface area contributed by atoms with Crippen molar-refractivity contribution < 1.29 is 23.1 Å². The molecule has 1 aliphatic heterocycles. The van der Waals surface area contributed by atoms with Crippen LogP contribution in [0, 0.1) is 11.6 Å². The monoisotopic (exact) mass is 431 g/mol. The fourth-order valence-electron chi connectivity index (χ4n) is 2.64. The number of nitrogens with zero attached hydrogens (tertiary/aromatic N) is 1. The maximum atomic E-state index is 13.7. The van der Waals surface area contributed by atoms with Gasteiger partial charge in [0.05, 0.1) is 40.9 Å². The molecule has 0 spiro atoms. The van der Waals surface area contributed by atoms with E-state index in [1.54, 1.807) is 19.1 Å². The third-order valence-corrected chi connectivity index (χ3v) is 4.84. The largest absolute Gasteiger partial charge is 0.466 e. The normalized spacial score (nSPS) is 12.6. The van der Waals surface area contributed by atoms with E-state index in [0.29, 0.717) is 22.5 Å². The summed E-state index contributed by atoms with van der Waals surface area (Å²) in [6.45, 7) is 2.01. The fraction of sp³-hybridized carbons (Fsp3) is 0.190. The standard InChI is InChI=1S/C21H19F2N3O3S/c1-2-29-21(28)11-14-10-20(26-18-6-4-3-5-17(18)24-14)30-12-19(27)25-16-8-7-13(22)9-15(16)23/h3-10,24H,2,11-12H2,1H3,(H,25,27). The predicted octanol–water partition coefficient (Wildman–Crippen LogP) is 4.63. The molecule has 6 nitrogen and oxygen atoms in total. The maximum Gasteiger partial charge on any atom is 0.311 e. The van der Waals surface area contributed by atoms with E-state index in [2.05, 4.69) is 15.6 Å². The molecule has 2 aromatic carbocycles. The number of hydrogen-bond donors (Lipinski definition) is 2. The van der Waals surface area contributed by atoms with Crippen molar-refractivity contribution in [2.45, 2.75) is 13.3 Å². The van der Waals surface area contributed by atoms with Gasteiger partial charge in [0, 0.05) is 11.8 Å². The molecule has 0 bridgehead atoms. The Morgan fingerprint density at radius 3 is 2.77 bits per heavy atom.